The largest absolute Gasteiger partial charge is 0.381 e. The molecule has 0 aromatic heterocycles. The van der Waals surface area contributed by atoms with Crippen molar-refractivity contribution < 1.29 is 4.74 Å². The zero-order valence-corrected chi connectivity index (χ0v) is 12.5. The number of para-hydroxylation sites is 1. The molecule has 1 saturated heterocycles. The summed E-state index contributed by atoms with van der Waals surface area (Å²) in [6.45, 7) is 6.25. The number of fused-ring (bicyclic) bond motifs is 1. The van der Waals surface area contributed by atoms with Crippen LogP contribution in [-0.2, 0) is 4.74 Å². The Morgan fingerprint density at radius 1 is 1.20 bits per heavy atom. The van der Waals surface area contributed by atoms with Gasteiger partial charge in [0.15, 0.2) is 0 Å². The normalized spacial score (nSPS) is 24.2. The van der Waals surface area contributed by atoms with Crippen molar-refractivity contribution in [3.63, 3.8) is 0 Å². The number of ether oxygens (including phenoxy) is 1. The third kappa shape index (κ3) is 2.84. The van der Waals surface area contributed by atoms with Crippen molar-refractivity contribution in [1.82, 2.24) is 5.32 Å². The van der Waals surface area contributed by atoms with Gasteiger partial charge in [0, 0.05) is 37.5 Å². The van der Waals surface area contributed by atoms with Gasteiger partial charge >= 0.3 is 0 Å². The van der Waals surface area contributed by atoms with E-state index < -0.39 is 0 Å². The molecule has 1 fully saturated rings. The van der Waals surface area contributed by atoms with Crippen molar-refractivity contribution in [2.24, 2.45) is 0 Å². The molecule has 1 atom stereocenters. The van der Waals surface area contributed by atoms with Crippen LogP contribution in [0.4, 0.5) is 5.69 Å². The number of anilines is 1. The molecule has 2 aliphatic heterocycles. The Morgan fingerprint density at radius 2 is 2.00 bits per heavy atom. The highest BCUT2D eigenvalue weighted by atomic mass is 16.5. The molecule has 1 aromatic rings. The lowest BCUT2D eigenvalue weighted by Crippen LogP contribution is -2.40. The third-order valence-electron chi connectivity index (χ3n) is 4.60. The zero-order valence-electron chi connectivity index (χ0n) is 12.5. The molecule has 2 heterocycles. The van der Waals surface area contributed by atoms with E-state index in [1.807, 2.05) is 0 Å². The van der Waals surface area contributed by atoms with Crippen molar-refractivity contribution in [3.8, 4) is 0 Å². The van der Waals surface area contributed by atoms with Gasteiger partial charge in [-0.1, -0.05) is 25.1 Å². The number of hydrogen-bond donors (Lipinski definition) is 1. The SMILES string of the molecule is CCNC1CCCN(C2CCOCC2)c2ccccc21. The minimum Gasteiger partial charge on any atom is -0.381 e. The minimum absolute atomic E-state index is 0.515. The smallest absolute Gasteiger partial charge is 0.0485 e. The second kappa shape index (κ2) is 6.59. The van der Waals surface area contributed by atoms with E-state index in [1.165, 1.54) is 43.5 Å². The summed E-state index contributed by atoms with van der Waals surface area (Å²) in [5, 5.41) is 3.65. The van der Waals surface area contributed by atoms with Gasteiger partial charge in [-0.15, -0.1) is 0 Å². The lowest BCUT2D eigenvalue weighted by Gasteiger charge is -2.36. The highest BCUT2D eigenvalue weighted by molar-refractivity contribution is 5.56. The van der Waals surface area contributed by atoms with E-state index in [4.69, 9.17) is 4.74 Å². The Balaban J connectivity index is 1.89. The summed E-state index contributed by atoms with van der Waals surface area (Å²) >= 11 is 0. The van der Waals surface area contributed by atoms with E-state index in [1.54, 1.807) is 0 Å². The lowest BCUT2D eigenvalue weighted by atomic mass is 10.0. The van der Waals surface area contributed by atoms with Crippen LogP contribution in [0, 0.1) is 0 Å². The van der Waals surface area contributed by atoms with Gasteiger partial charge < -0.3 is 15.0 Å². The quantitative estimate of drug-likeness (QED) is 0.916. The second-order valence-electron chi connectivity index (χ2n) is 5.85. The maximum Gasteiger partial charge on any atom is 0.0485 e. The molecule has 3 nitrogen and oxygen atoms in total. The third-order valence-corrected chi connectivity index (χ3v) is 4.60. The number of benzene rings is 1. The first-order chi connectivity index (χ1) is 9.90. The van der Waals surface area contributed by atoms with Gasteiger partial charge in [0.25, 0.3) is 0 Å². The Hall–Kier alpha value is -1.06. The van der Waals surface area contributed by atoms with Gasteiger partial charge in [-0.2, -0.15) is 0 Å². The highest BCUT2D eigenvalue weighted by Crippen LogP contribution is 2.35. The molecule has 1 aromatic carbocycles. The topological polar surface area (TPSA) is 24.5 Å². The summed E-state index contributed by atoms with van der Waals surface area (Å²) in [6, 6.07) is 10.1. The molecule has 3 rings (SSSR count). The molecule has 0 aliphatic carbocycles. The van der Waals surface area contributed by atoms with E-state index in [0.717, 1.165) is 19.8 Å². The first-order valence-corrected chi connectivity index (χ1v) is 8.07. The molecule has 0 spiro atoms. The maximum absolute atomic E-state index is 5.53. The van der Waals surface area contributed by atoms with Gasteiger partial charge in [0.05, 0.1) is 0 Å². The number of hydrogen-bond acceptors (Lipinski definition) is 3. The van der Waals surface area contributed by atoms with Gasteiger partial charge in [-0.05, 0) is 43.9 Å². The molecule has 110 valence electrons. The highest BCUT2D eigenvalue weighted by Gasteiger charge is 2.27. The molecule has 0 amide bonds. The Labute approximate surface area is 122 Å². The van der Waals surface area contributed by atoms with Gasteiger partial charge in [-0.3, -0.25) is 0 Å². The van der Waals surface area contributed by atoms with Crippen molar-refractivity contribution in [2.75, 3.05) is 31.2 Å². The van der Waals surface area contributed by atoms with E-state index in [9.17, 15) is 0 Å². The molecule has 3 heteroatoms. The van der Waals surface area contributed by atoms with Crippen molar-refractivity contribution in [3.05, 3.63) is 29.8 Å². The molecule has 1 N–H and O–H groups in total. The molecular weight excluding hydrogens is 248 g/mol. The fraction of sp³-hybridized carbons (Fsp3) is 0.647. The summed E-state index contributed by atoms with van der Waals surface area (Å²) in [6.07, 6.45) is 4.84. The first-order valence-electron chi connectivity index (χ1n) is 8.07. The van der Waals surface area contributed by atoms with Crippen LogP contribution in [0.3, 0.4) is 0 Å². The van der Waals surface area contributed by atoms with E-state index in [-0.39, 0.29) is 0 Å². The Bertz CT molecular complexity index is 429. The first kappa shape index (κ1) is 13.9. The predicted octanol–water partition coefficient (Wildman–Crippen LogP) is 3.12. The zero-order chi connectivity index (χ0) is 13.8. The van der Waals surface area contributed by atoms with Crippen molar-refractivity contribution >= 4 is 5.69 Å². The van der Waals surface area contributed by atoms with Crippen LogP contribution in [0.5, 0.6) is 0 Å². The predicted molar refractivity (Wildman–Crippen MR) is 83.3 cm³/mol. The van der Waals surface area contributed by atoms with Gasteiger partial charge in [0.2, 0.25) is 0 Å². The summed E-state index contributed by atoms with van der Waals surface area (Å²) in [5.41, 5.74) is 2.93. The molecule has 1 unspecified atom stereocenters. The summed E-state index contributed by atoms with van der Waals surface area (Å²) in [5.74, 6) is 0. The number of rotatable bonds is 3. The molecule has 0 saturated carbocycles. The standard InChI is InChI=1S/C17H26N2O/c1-2-18-16-7-5-11-19(14-9-12-20-13-10-14)17-8-4-3-6-15(16)17/h3-4,6,8,14,16,18H,2,5,7,9-13H2,1H3. The maximum atomic E-state index is 5.53. The summed E-state index contributed by atoms with van der Waals surface area (Å²) < 4.78 is 5.53. The van der Waals surface area contributed by atoms with Crippen molar-refractivity contribution in [1.29, 1.82) is 0 Å². The van der Waals surface area contributed by atoms with E-state index >= 15 is 0 Å². The fourth-order valence-electron chi connectivity index (χ4n) is 3.62. The molecule has 20 heavy (non-hydrogen) atoms. The molecular formula is C17H26N2O. The number of nitrogens with one attached hydrogen (secondary N) is 1. The van der Waals surface area contributed by atoms with Gasteiger partial charge in [-0.25, -0.2) is 0 Å². The van der Waals surface area contributed by atoms with Crippen LogP contribution in [0.2, 0.25) is 0 Å². The molecule has 0 radical (unpaired) electrons. The monoisotopic (exact) mass is 274 g/mol. The van der Waals surface area contributed by atoms with Crippen LogP contribution >= 0.6 is 0 Å². The van der Waals surface area contributed by atoms with Gasteiger partial charge in [0.1, 0.15) is 0 Å². The number of nitrogens with zero attached hydrogens (tertiary/aromatic N) is 1. The van der Waals surface area contributed by atoms with Crippen LogP contribution in [0.25, 0.3) is 0 Å². The van der Waals surface area contributed by atoms with E-state index in [2.05, 4.69) is 41.4 Å². The average molecular weight is 274 g/mol. The molecule has 0 bridgehead atoms. The van der Waals surface area contributed by atoms with Crippen molar-refractivity contribution in [2.45, 2.75) is 44.7 Å². The summed E-state index contributed by atoms with van der Waals surface area (Å²) in [7, 11) is 0. The second-order valence-corrected chi connectivity index (χ2v) is 5.85. The van der Waals surface area contributed by atoms with Crippen LogP contribution in [0.15, 0.2) is 24.3 Å². The van der Waals surface area contributed by atoms with Crippen LogP contribution < -0.4 is 10.2 Å². The lowest BCUT2D eigenvalue weighted by molar-refractivity contribution is 0.0844. The minimum atomic E-state index is 0.515. The fourth-order valence-corrected chi connectivity index (χ4v) is 3.62. The average Bonchev–Trinajstić information content (AvgIpc) is 2.69. The van der Waals surface area contributed by atoms with E-state index in [0.29, 0.717) is 12.1 Å². The Kier molecular flexibility index (Phi) is 4.58. The summed E-state index contributed by atoms with van der Waals surface area (Å²) in [4.78, 5) is 2.65. The van der Waals surface area contributed by atoms with Crippen LogP contribution in [-0.4, -0.2) is 32.3 Å². The molecule has 2 aliphatic rings. The Morgan fingerprint density at radius 3 is 2.80 bits per heavy atom. The van der Waals surface area contributed by atoms with Crippen LogP contribution in [0.1, 0.15) is 44.2 Å².